The fourth-order valence-corrected chi connectivity index (χ4v) is 1.12. The van der Waals surface area contributed by atoms with Gasteiger partial charge in [-0.3, -0.25) is 4.79 Å². The molecule has 0 aliphatic carbocycles. The number of carboxylic acids is 1. The van der Waals surface area contributed by atoms with E-state index in [2.05, 4.69) is 46.0 Å². The number of likely N-dealkylation sites (N-methyl/N-ethyl adjacent to an activating group) is 1. The lowest BCUT2D eigenvalue weighted by atomic mass is 10.1. The molecule has 1 aromatic heterocycles. The van der Waals surface area contributed by atoms with E-state index in [4.69, 9.17) is 5.11 Å². The maximum atomic E-state index is 12.6. The van der Waals surface area contributed by atoms with E-state index in [0.717, 1.165) is 0 Å². The average Bonchev–Trinajstić information content (AvgIpc) is 2.36. The molecule has 1 aromatic rings. The van der Waals surface area contributed by atoms with Crippen LogP contribution in [0.3, 0.4) is 0 Å². The van der Waals surface area contributed by atoms with Gasteiger partial charge in [-0.25, -0.2) is 4.98 Å². The maximum Gasteiger partial charge on any atom is 0.321 e. The predicted octanol–water partition coefficient (Wildman–Crippen LogP) is 3.46. The average molecular weight is 392 g/mol. The molecular weight excluding hydrogens is 373 g/mol. The summed E-state index contributed by atoms with van der Waals surface area (Å²) >= 11 is 0. The molecule has 1 rings (SSSR count). The number of aliphatic carboxylic acids is 1. The largest absolute Gasteiger partial charge is 0.480 e. The highest BCUT2D eigenvalue weighted by Crippen LogP contribution is 2.86. The Bertz CT molecular complexity index is 417. The number of carboxylic acid groups (broad SMARTS) is 1. The Labute approximate surface area is 130 Å². The van der Waals surface area contributed by atoms with Crippen LogP contribution in [0.4, 0.5) is 4.39 Å². The third-order valence-electron chi connectivity index (χ3n) is 2.14. The Morgan fingerprint density at radius 2 is 2.00 bits per heavy atom. The molecule has 114 valence electrons. The van der Waals surface area contributed by atoms with E-state index in [1.165, 1.54) is 12.3 Å². The number of carbonyl (C=O) groups is 1. The molecule has 5 atom stereocenters. The van der Waals surface area contributed by atoms with Crippen LogP contribution in [0.15, 0.2) is 18.3 Å². The SMILES string of the molecule is CNC(Cc1ccnc(F)c1)C(=O)O.PP(P)P(P)P. The van der Waals surface area contributed by atoms with Crippen molar-refractivity contribution in [3.05, 3.63) is 29.8 Å². The molecule has 0 fully saturated rings. The number of pyridine rings is 1. The van der Waals surface area contributed by atoms with Crippen molar-refractivity contribution in [2.45, 2.75) is 12.5 Å². The van der Waals surface area contributed by atoms with Gasteiger partial charge in [0.1, 0.15) is 6.04 Å². The summed E-state index contributed by atoms with van der Waals surface area (Å²) < 4.78 is 12.6. The molecule has 0 bridgehead atoms. The standard InChI is InChI=1S/C9H11FN2O2.H8P6/c1-11-7(9(13)14)4-6-2-3-12-8(10)5-6;1-5(2)6(3)4/h2-3,5,7,11H,4H2,1H3,(H,13,14);1-4H2. The van der Waals surface area contributed by atoms with Crippen LogP contribution >= 0.6 is 49.7 Å². The second-order valence-electron chi connectivity index (χ2n) is 3.63. The van der Waals surface area contributed by atoms with Gasteiger partial charge in [0.2, 0.25) is 5.95 Å². The van der Waals surface area contributed by atoms with Crippen molar-refractivity contribution in [1.82, 2.24) is 10.3 Å². The number of hydrogen-bond acceptors (Lipinski definition) is 3. The molecule has 2 N–H and O–H groups in total. The predicted molar refractivity (Wildman–Crippen MR) is 101 cm³/mol. The second-order valence-corrected chi connectivity index (χ2v) is 23.4. The molecule has 0 saturated heterocycles. The fraction of sp³-hybridized carbons (Fsp3) is 0.333. The molecule has 0 spiro atoms. The van der Waals surface area contributed by atoms with Crippen LogP contribution in [0.2, 0.25) is 0 Å². The molecular formula is C9H19FN2O2P6. The molecule has 20 heavy (non-hydrogen) atoms. The van der Waals surface area contributed by atoms with Gasteiger partial charge < -0.3 is 10.4 Å². The van der Waals surface area contributed by atoms with Crippen LogP contribution in [0, 0.1) is 5.95 Å². The summed E-state index contributed by atoms with van der Waals surface area (Å²) in [5.74, 6) is -1.55. The van der Waals surface area contributed by atoms with Gasteiger partial charge in [0, 0.05) is 6.20 Å². The van der Waals surface area contributed by atoms with Crippen molar-refractivity contribution in [3.8, 4) is 0 Å². The molecule has 0 aromatic carbocycles. The van der Waals surface area contributed by atoms with Crippen LogP contribution in [-0.4, -0.2) is 29.1 Å². The van der Waals surface area contributed by atoms with Crippen LogP contribution in [-0.2, 0) is 11.2 Å². The molecule has 4 nitrogen and oxygen atoms in total. The lowest BCUT2D eigenvalue weighted by molar-refractivity contribution is -0.139. The lowest BCUT2D eigenvalue weighted by Crippen LogP contribution is -2.35. The Balaban J connectivity index is 0.000000511. The van der Waals surface area contributed by atoms with E-state index < -0.39 is 18.0 Å². The van der Waals surface area contributed by atoms with Crippen molar-refractivity contribution in [1.29, 1.82) is 0 Å². The van der Waals surface area contributed by atoms with Gasteiger partial charge in [-0.1, -0.05) is 0 Å². The smallest absolute Gasteiger partial charge is 0.321 e. The van der Waals surface area contributed by atoms with E-state index in [9.17, 15) is 9.18 Å². The Morgan fingerprint density at radius 1 is 1.45 bits per heavy atom. The zero-order chi connectivity index (χ0) is 15.7. The first-order valence-corrected chi connectivity index (χ1v) is 15.2. The molecule has 1 heterocycles. The molecule has 0 aliphatic heterocycles. The molecule has 11 heteroatoms. The Morgan fingerprint density at radius 3 is 2.35 bits per heavy atom. The highest BCUT2D eigenvalue weighted by atomic mass is 33.0. The summed E-state index contributed by atoms with van der Waals surface area (Å²) in [6.07, 6.45) is 1.56. The van der Waals surface area contributed by atoms with E-state index in [1.807, 2.05) is 0 Å². The van der Waals surface area contributed by atoms with Gasteiger partial charge in [-0.2, -0.15) is 4.39 Å². The number of nitrogens with zero attached hydrogens (tertiary/aromatic N) is 1. The van der Waals surface area contributed by atoms with E-state index >= 15 is 0 Å². The third kappa shape index (κ3) is 9.92. The summed E-state index contributed by atoms with van der Waals surface area (Å²) in [4.78, 5) is 14.0. The summed E-state index contributed by atoms with van der Waals surface area (Å²) in [5, 5.41) is 11.4. The summed E-state index contributed by atoms with van der Waals surface area (Å²) in [7, 11) is 12.7. The highest BCUT2D eigenvalue weighted by Gasteiger charge is 2.15. The summed E-state index contributed by atoms with van der Waals surface area (Å²) in [6.45, 7) is 0.329. The normalized spacial score (nSPS) is 12.0. The van der Waals surface area contributed by atoms with Gasteiger partial charge in [0.25, 0.3) is 0 Å². The third-order valence-corrected chi connectivity index (χ3v) is 23.5. The quantitative estimate of drug-likeness (QED) is 0.595. The molecule has 0 saturated carbocycles. The monoisotopic (exact) mass is 392 g/mol. The first-order valence-electron chi connectivity index (χ1n) is 5.37. The van der Waals surface area contributed by atoms with Crippen LogP contribution in [0.1, 0.15) is 5.56 Å². The van der Waals surface area contributed by atoms with Gasteiger partial charge in [0.15, 0.2) is 0 Å². The zero-order valence-corrected chi connectivity index (χ0v) is 17.3. The second kappa shape index (κ2) is 11.6. The number of rotatable bonds is 5. The summed E-state index contributed by atoms with van der Waals surface area (Å²) in [6, 6.07) is 2.13. The molecule has 0 amide bonds. The van der Waals surface area contributed by atoms with E-state index in [0.29, 0.717) is 5.56 Å². The Hall–Kier alpha value is 1.09. The van der Waals surface area contributed by atoms with Crippen LogP contribution < -0.4 is 5.32 Å². The van der Waals surface area contributed by atoms with Gasteiger partial charge in [-0.05, 0) is 45.1 Å². The first kappa shape index (κ1) is 21.1. The minimum absolute atomic E-state index is 0.165. The van der Waals surface area contributed by atoms with E-state index in [-0.39, 0.29) is 20.4 Å². The number of hydrogen-bond donors (Lipinski definition) is 2. The fourth-order valence-electron chi connectivity index (χ4n) is 1.12. The van der Waals surface area contributed by atoms with Crippen LogP contribution in [0.5, 0.6) is 0 Å². The van der Waals surface area contributed by atoms with E-state index in [1.54, 1.807) is 13.1 Å². The van der Waals surface area contributed by atoms with Gasteiger partial charge in [-0.15, -0.1) is 35.7 Å². The van der Waals surface area contributed by atoms with Crippen molar-refractivity contribution in [3.63, 3.8) is 0 Å². The highest BCUT2D eigenvalue weighted by molar-refractivity contribution is 8.92. The van der Waals surface area contributed by atoms with Crippen LogP contribution in [0.25, 0.3) is 0 Å². The van der Waals surface area contributed by atoms with Crippen molar-refractivity contribution in [2.24, 2.45) is 0 Å². The maximum absolute atomic E-state index is 12.6. The minimum atomic E-state index is -0.954. The van der Waals surface area contributed by atoms with Crippen molar-refractivity contribution in [2.75, 3.05) is 7.05 Å². The van der Waals surface area contributed by atoms with Crippen molar-refractivity contribution >= 4 is 55.7 Å². The first-order chi connectivity index (χ1) is 9.27. The number of halogens is 1. The minimum Gasteiger partial charge on any atom is -0.480 e. The summed E-state index contributed by atoms with van der Waals surface area (Å²) in [5.41, 5.74) is 0.610. The van der Waals surface area contributed by atoms with Gasteiger partial charge >= 0.3 is 5.97 Å². The molecule has 5 unspecified atom stereocenters. The topological polar surface area (TPSA) is 62.2 Å². The van der Waals surface area contributed by atoms with Crippen molar-refractivity contribution < 1.29 is 14.3 Å². The Kier molecular flexibility index (Phi) is 12.3. The molecule has 0 radical (unpaired) electrons. The molecule has 0 aliphatic rings. The number of nitrogens with one attached hydrogen (secondary N) is 1. The lowest BCUT2D eigenvalue weighted by Gasteiger charge is -2.10. The van der Waals surface area contributed by atoms with Gasteiger partial charge in [0.05, 0.1) is 0 Å². The number of aromatic nitrogens is 1. The zero-order valence-electron chi connectivity index (χ0n) is 10.9.